The molecular weight excluding hydrogens is 210 g/mol. The lowest BCUT2D eigenvalue weighted by Gasteiger charge is -2.56. The molecule has 0 unspecified atom stereocenters. The minimum Gasteiger partial charge on any atom is -0.396 e. The van der Waals surface area contributed by atoms with E-state index in [0.717, 1.165) is 19.5 Å². The molecule has 1 heterocycles. The highest BCUT2D eigenvalue weighted by Crippen LogP contribution is 2.51. The van der Waals surface area contributed by atoms with Gasteiger partial charge >= 0.3 is 0 Å². The predicted octanol–water partition coefficient (Wildman–Crippen LogP) is 3.20. The fourth-order valence-electron chi connectivity index (χ4n) is 3.13. The Labute approximate surface area is 107 Å². The molecular formula is C15H31NO. The van der Waals surface area contributed by atoms with Crippen LogP contribution in [0.25, 0.3) is 0 Å². The van der Waals surface area contributed by atoms with E-state index in [1.165, 1.54) is 19.3 Å². The van der Waals surface area contributed by atoms with E-state index in [1.807, 2.05) is 0 Å². The van der Waals surface area contributed by atoms with Gasteiger partial charge in [-0.1, -0.05) is 47.5 Å². The van der Waals surface area contributed by atoms with Crippen molar-refractivity contribution in [2.24, 2.45) is 16.2 Å². The summed E-state index contributed by atoms with van der Waals surface area (Å²) < 4.78 is 0. The van der Waals surface area contributed by atoms with E-state index in [4.69, 9.17) is 0 Å². The van der Waals surface area contributed by atoms with Crippen LogP contribution < -0.4 is 5.32 Å². The zero-order chi connectivity index (χ0) is 13.2. The monoisotopic (exact) mass is 241 g/mol. The van der Waals surface area contributed by atoms with Crippen LogP contribution in [0, 0.1) is 16.2 Å². The van der Waals surface area contributed by atoms with Gasteiger partial charge in [0.25, 0.3) is 0 Å². The van der Waals surface area contributed by atoms with Crippen molar-refractivity contribution in [2.45, 2.75) is 60.3 Å². The minimum atomic E-state index is 0.0472. The highest BCUT2D eigenvalue weighted by molar-refractivity contribution is 5.04. The maximum absolute atomic E-state index is 9.50. The highest BCUT2D eigenvalue weighted by Gasteiger charge is 2.50. The Morgan fingerprint density at radius 3 is 2.12 bits per heavy atom. The van der Waals surface area contributed by atoms with Crippen LogP contribution in [0.1, 0.15) is 60.3 Å². The van der Waals surface area contributed by atoms with E-state index in [2.05, 4.69) is 39.9 Å². The summed E-state index contributed by atoms with van der Waals surface area (Å²) in [5.74, 6) is 0. The van der Waals surface area contributed by atoms with Crippen molar-refractivity contribution >= 4 is 0 Å². The summed E-state index contributed by atoms with van der Waals surface area (Å²) in [5, 5.41) is 12.9. The Morgan fingerprint density at radius 1 is 1.18 bits per heavy atom. The molecule has 1 aliphatic rings. The molecule has 102 valence electrons. The van der Waals surface area contributed by atoms with Gasteiger partial charge in [-0.2, -0.15) is 0 Å². The van der Waals surface area contributed by atoms with Crippen LogP contribution >= 0.6 is 0 Å². The third-order valence-corrected chi connectivity index (χ3v) is 4.76. The molecule has 0 amide bonds. The molecule has 0 aliphatic carbocycles. The topological polar surface area (TPSA) is 32.3 Å². The van der Waals surface area contributed by atoms with Gasteiger partial charge in [-0.25, -0.2) is 0 Å². The molecule has 2 heteroatoms. The summed E-state index contributed by atoms with van der Waals surface area (Å²) in [6.45, 7) is 14.0. The molecule has 0 spiro atoms. The standard InChI is InChI=1S/C15H31NO/c1-6-7-8-14(4,5)15(10-16-11-15)9-13(2,3)12-17/h16-17H,6-12H2,1-5H3. The van der Waals surface area contributed by atoms with Crippen LogP contribution in [0.2, 0.25) is 0 Å². The van der Waals surface area contributed by atoms with Crippen LogP contribution in [0.15, 0.2) is 0 Å². The van der Waals surface area contributed by atoms with Crippen LogP contribution in [0.5, 0.6) is 0 Å². The molecule has 0 atom stereocenters. The van der Waals surface area contributed by atoms with E-state index in [0.29, 0.717) is 17.4 Å². The van der Waals surface area contributed by atoms with Crippen molar-refractivity contribution in [1.82, 2.24) is 5.32 Å². The second-order valence-corrected chi connectivity index (χ2v) is 7.37. The number of nitrogens with one attached hydrogen (secondary N) is 1. The first-order valence-corrected chi connectivity index (χ1v) is 7.10. The lowest BCUT2D eigenvalue weighted by molar-refractivity contribution is -0.0481. The molecule has 0 aromatic heterocycles. The van der Waals surface area contributed by atoms with Gasteiger partial charge in [-0.05, 0) is 23.7 Å². The molecule has 0 aromatic rings. The van der Waals surface area contributed by atoms with Crippen molar-refractivity contribution in [1.29, 1.82) is 0 Å². The van der Waals surface area contributed by atoms with Gasteiger partial charge in [0.05, 0.1) is 0 Å². The molecule has 0 saturated carbocycles. The highest BCUT2D eigenvalue weighted by atomic mass is 16.3. The fourth-order valence-corrected chi connectivity index (χ4v) is 3.13. The maximum Gasteiger partial charge on any atom is 0.0482 e. The molecule has 17 heavy (non-hydrogen) atoms. The maximum atomic E-state index is 9.50. The summed E-state index contributed by atoms with van der Waals surface area (Å²) in [4.78, 5) is 0. The van der Waals surface area contributed by atoms with E-state index < -0.39 is 0 Å². The van der Waals surface area contributed by atoms with Crippen molar-refractivity contribution in [3.05, 3.63) is 0 Å². The Bertz CT molecular complexity index is 241. The molecule has 1 fully saturated rings. The van der Waals surface area contributed by atoms with Gasteiger partial charge < -0.3 is 10.4 Å². The zero-order valence-electron chi connectivity index (χ0n) is 12.4. The number of aliphatic hydroxyl groups is 1. The van der Waals surface area contributed by atoms with E-state index in [9.17, 15) is 5.11 Å². The first-order chi connectivity index (χ1) is 7.79. The Kier molecular flexibility index (Phi) is 4.65. The summed E-state index contributed by atoms with van der Waals surface area (Å²) in [5.41, 5.74) is 0.806. The van der Waals surface area contributed by atoms with Crippen LogP contribution in [-0.4, -0.2) is 24.8 Å². The number of rotatable bonds is 7. The zero-order valence-corrected chi connectivity index (χ0v) is 12.4. The molecule has 1 aliphatic heterocycles. The molecule has 1 saturated heterocycles. The number of hydrogen-bond donors (Lipinski definition) is 2. The first-order valence-electron chi connectivity index (χ1n) is 7.10. The van der Waals surface area contributed by atoms with E-state index >= 15 is 0 Å². The number of hydrogen-bond acceptors (Lipinski definition) is 2. The van der Waals surface area contributed by atoms with Crippen LogP contribution in [-0.2, 0) is 0 Å². The third-order valence-electron chi connectivity index (χ3n) is 4.76. The minimum absolute atomic E-state index is 0.0472. The van der Waals surface area contributed by atoms with Crippen LogP contribution in [0.3, 0.4) is 0 Å². The van der Waals surface area contributed by atoms with Gasteiger partial charge in [-0.3, -0.25) is 0 Å². The average Bonchev–Trinajstić information content (AvgIpc) is 2.20. The number of unbranched alkanes of at least 4 members (excludes halogenated alkanes) is 1. The van der Waals surface area contributed by atoms with Crippen molar-refractivity contribution < 1.29 is 5.11 Å². The van der Waals surface area contributed by atoms with Gasteiger partial charge in [0.2, 0.25) is 0 Å². The second kappa shape index (κ2) is 5.27. The number of aliphatic hydroxyl groups excluding tert-OH is 1. The fraction of sp³-hybridized carbons (Fsp3) is 1.00. The van der Waals surface area contributed by atoms with Gasteiger partial charge in [-0.15, -0.1) is 0 Å². The second-order valence-electron chi connectivity index (χ2n) is 7.37. The van der Waals surface area contributed by atoms with E-state index in [1.54, 1.807) is 0 Å². The van der Waals surface area contributed by atoms with E-state index in [-0.39, 0.29) is 5.41 Å². The molecule has 0 bridgehead atoms. The van der Waals surface area contributed by atoms with Gasteiger partial charge in [0.1, 0.15) is 0 Å². The van der Waals surface area contributed by atoms with Crippen molar-refractivity contribution in [3.8, 4) is 0 Å². The summed E-state index contributed by atoms with van der Waals surface area (Å²) in [6, 6.07) is 0. The quantitative estimate of drug-likeness (QED) is 0.717. The van der Waals surface area contributed by atoms with Crippen molar-refractivity contribution in [2.75, 3.05) is 19.7 Å². The molecule has 2 nitrogen and oxygen atoms in total. The Hall–Kier alpha value is -0.0800. The third kappa shape index (κ3) is 3.23. The van der Waals surface area contributed by atoms with Crippen molar-refractivity contribution in [3.63, 3.8) is 0 Å². The molecule has 1 rings (SSSR count). The molecule has 0 radical (unpaired) electrons. The summed E-state index contributed by atoms with van der Waals surface area (Å²) >= 11 is 0. The Morgan fingerprint density at radius 2 is 1.76 bits per heavy atom. The average molecular weight is 241 g/mol. The predicted molar refractivity (Wildman–Crippen MR) is 74.1 cm³/mol. The lowest BCUT2D eigenvalue weighted by Crippen LogP contribution is -2.62. The van der Waals surface area contributed by atoms with Crippen LogP contribution in [0.4, 0.5) is 0 Å². The summed E-state index contributed by atoms with van der Waals surface area (Å²) in [7, 11) is 0. The normalized spacial score (nSPS) is 20.1. The molecule has 2 N–H and O–H groups in total. The van der Waals surface area contributed by atoms with Gasteiger partial charge in [0, 0.05) is 25.1 Å². The smallest absolute Gasteiger partial charge is 0.0482 e. The molecule has 0 aromatic carbocycles. The SMILES string of the molecule is CCCCC(C)(C)C1(CC(C)(C)CO)CNC1. The first kappa shape index (κ1) is 15.0. The summed E-state index contributed by atoms with van der Waals surface area (Å²) in [6.07, 6.45) is 5.01. The largest absolute Gasteiger partial charge is 0.396 e. The Balaban J connectivity index is 2.74. The van der Waals surface area contributed by atoms with Gasteiger partial charge in [0.15, 0.2) is 0 Å². The lowest BCUT2D eigenvalue weighted by atomic mass is 9.55.